The van der Waals surface area contributed by atoms with Gasteiger partial charge in [0.05, 0.1) is 30.3 Å². The lowest BCUT2D eigenvalue weighted by Crippen LogP contribution is -2.70. The normalized spacial score (nSPS) is 54.6. The molecule has 17 unspecified atom stereocenters. The molecule has 7 N–H and O–H groups in total. The number of allylic oxidation sites excluding steroid dienone is 1. The van der Waals surface area contributed by atoms with E-state index < -0.39 is 94.6 Å². The van der Waals surface area contributed by atoms with Crippen LogP contribution >= 0.6 is 0 Å². The van der Waals surface area contributed by atoms with Crippen LogP contribution in [0, 0.1) is 50.7 Å². The van der Waals surface area contributed by atoms with Gasteiger partial charge in [-0.15, -0.1) is 0 Å². The summed E-state index contributed by atoms with van der Waals surface area (Å²) in [5.74, 6) is -1.83. The van der Waals surface area contributed by atoms with Gasteiger partial charge in [0.25, 0.3) is 0 Å². The van der Waals surface area contributed by atoms with Crippen LogP contribution in [0.3, 0.4) is 0 Å². The van der Waals surface area contributed by atoms with Gasteiger partial charge in [-0.2, -0.15) is 0 Å². The Labute approximate surface area is 295 Å². The zero-order chi connectivity index (χ0) is 37.0. The summed E-state index contributed by atoms with van der Waals surface area (Å²) in [6.45, 7) is 12.9. The summed E-state index contributed by atoms with van der Waals surface area (Å²) in [6.07, 6.45) is -2.75. The molecule has 6 rings (SSSR count). The molecule has 0 aromatic heterocycles. The van der Waals surface area contributed by atoms with Gasteiger partial charge in [-0.1, -0.05) is 46.3 Å². The predicted molar refractivity (Wildman–Crippen MR) is 179 cm³/mol. The van der Waals surface area contributed by atoms with Gasteiger partial charge in [-0.3, -0.25) is 9.59 Å². The second-order valence-electron chi connectivity index (χ2n) is 18.1. The first-order valence-electron chi connectivity index (χ1n) is 18.6. The number of fused-ring (bicyclic) bond motifs is 7. The Kier molecular flexibility index (Phi) is 9.50. The molecule has 12 nitrogen and oxygen atoms in total. The van der Waals surface area contributed by atoms with Crippen LogP contribution in [0.5, 0.6) is 0 Å². The van der Waals surface area contributed by atoms with E-state index in [4.69, 9.17) is 14.2 Å². The third-order valence-corrected chi connectivity index (χ3v) is 15.9. The standard InChI is InChI=1S/C38H60O12/c1-19-10-13-38(32(46)50-31-28(44)27(43)26(42)23(17-39)49-31)15-14-35(5)21(29(38)37(19,7)47)8-9-25-33(3)16-22(48-20(2)41)30(45)34(4,18-40)24(33)11-12-36(25,35)6/h8,19,22-31,39-40,42-45,47H,9-18H2,1-7H3. The van der Waals surface area contributed by atoms with E-state index in [1.165, 1.54) is 6.92 Å². The molecule has 284 valence electrons. The summed E-state index contributed by atoms with van der Waals surface area (Å²) >= 11 is 0. The van der Waals surface area contributed by atoms with Crippen LogP contribution < -0.4 is 0 Å². The molecule has 0 amide bonds. The van der Waals surface area contributed by atoms with Crippen LogP contribution in [0.25, 0.3) is 0 Å². The number of carbonyl (C=O) groups excluding carboxylic acids is 2. The summed E-state index contributed by atoms with van der Waals surface area (Å²) in [4.78, 5) is 26.7. The number of rotatable bonds is 5. The maximum Gasteiger partial charge on any atom is 0.315 e. The Morgan fingerprint density at radius 3 is 2.20 bits per heavy atom. The average Bonchev–Trinajstić information content (AvgIpc) is 3.05. The van der Waals surface area contributed by atoms with Gasteiger partial charge in [0, 0.05) is 18.3 Å². The SMILES string of the molecule is CC(=O)OC1CC2(C)C(CCC3(C)C2CC=C2C4C(C(=O)OC5OC(CO)C(O)C(O)C5O)(CCC(C)C4(C)O)CCC23C)C(C)(CO)C1O. The van der Waals surface area contributed by atoms with Crippen LogP contribution in [0.4, 0.5) is 0 Å². The van der Waals surface area contributed by atoms with Gasteiger partial charge < -0.3 is 50.0 Å². The summed E-state index contributed by atoms with van der Waals surface area (Å²) in [7, 11) is 0. The molecular weight excluding hydrogens is 648 g/mol. The van der Waals surface area contributed by atoms with Crippen molar-refractivity contribution in [2.45, 2.75) is 148 Å². The summed E-state index contributed by atoms with van der Waals surface area (Å²) in [5, 5.41) is 75.9. The van der Waals surface area contributed by atoms with E-state index in [9.17, 15) is 45.3 Å². The van der Waals surface area contributed by atoms with Crippen LogP contribution in [0.1, 0.15) is 99.8 Å². The molecule has 1 aliphatic heterocycles. The van der Waals surface area contributed by atoms with Crippen LogP contribution in [-0.2, 0) is 23.8 Å². The van der Waals surface area contributed by atoms with Gasteiger partial charge in [-0.25, -0.2) is 0 Å². The van der Waals surface area contributed by atoms with Gasteiger partial charge in [-0.05, 0) is 92.3 Å². The highest BCUT2D eigenvalue weighted by Gasteiger charge is 2.73. The first-order valence-corrected chi connectivity index (χ1v) is 18.6. The number of hydrogen-bond acceptors (Lipinski definition) is 12. The lowest BCUT2D eigenvalue weighted by molar-refractivity contribution is -0.299. The topological polar surface area (TPSA) is 203 Å². The van der Waals surface area contributed by atoms with Crippen molar-refractivity contribution in [3.05, 3.63) is 11.6 Å². The zero-order valence-corrected chi connectivity index (χ0v) is 30.7. The molecule has 0 aromatic carbocycles. The van der Waals surface area contributed by atoms with Crippen molar-refractivity contribution in [1.82, 2.24) is 0 Å². The number of aliphatic hydroxyl groups excluding tert-OH is 6. The van der Waals surface area contributed by atoms with E-state index in [1.54, 1.807) is 6.92 Å². The van der Waals surface area contributed by atoms with Crippen molar-refractivity contribution >= 4 is 11.9 Å². The number of ether oxygens (including phenoxy) is 3. The van der Waals surface area contributed by atoms with Gasteiger partial charge in [0.1, 0.15) is 30.5 Å². The average molecular weight is 709 g/mol. The van der Waals surface area contributed by atoms with Crippen molar-refractivity contribution in [3.8, 4) is 0 Å². The monoisotopic (exact) mass is 708 g/mol. The van der Waals surface area contributed by atoms with E-state index >= 15 is 0 Å². The second kappa shape index (κ2) is 12.5. The van der Waals surface area contributed by atoms with Gasteiger partial charge in [0.15, 0.2) is 0 Å². The maximum absolute atomic E-state index is 14.5. The van der Waals surface area contributed by atoms with Crippen molar-refractivity contribution in [2.75, 3.05) is 13.2 Å². The predicted octanol–water partition coefficient (Wildman–Crippen LogP) is 1.98. The molecule has 0 aromatic rings. The fraction of sp³-hybridized carbons (Fsp3) is 0.895. The summed E-state index contributed by atoms with van der Waals surface area (Å²) in [5.41, 5.74) is -3.49. The number of aliphatic hydroxyl groups is 7. The Morgan fingerprint density at radius 2 is 1.58 bits per heavy atom. The number of carbonyl (C=O) groups is 2. The Balaban J connectivity index is 1.40. The van der Waals surface area contributed by atoms with Crippen LogP contribution in [0.15, 0.2) is 11.6 Å². The van der Waals surface area contributed by atoms with E-state index in [2.05, 4.69) is 26.8 Å². The van der Waals surface area contributed by atoms with Crippen LogP contribution in [-0.4, -0.2) is 109 Å². The molecule has 6 aliphatic rings. The first kappa shape index (κ1) is 38.1. The fourth-order valence-corrected chi connectivity index (χ4v) is 12.7. The number of esters is 2. The largest absolute Gasteiger partial charge is 0.460 e. The van der Waals surface area contributed by atoms with Crippen LogP contribution in [0.2, 0.25) is 0 Å². The minimum atomic E-state index is -1.73. The summed E-state index contributed by atoms with van der Waals surface area (Å²) in [6, 6.07) is 0. The molecule has 0 spiro atoms. The highest BCUT2D eigenvalue weighted by atomic mass is 16.7. The first-order chi connectivity index (χ1) is 23.2. The van der Waals surface area contributed by atoms with E-state index in [0.717, 1.165) is 18.4 Å². The Morgan fingerprint density at radius 1 is 0.900 bits per heavy atom. The zero-order valence-electron chi connectivity index (χ0n) is 30.7. The lowest BCUT2D eigenvalue weighted by Gasteiger charge is -2.72. The van der Waals surface area contributed by atoms with Crippen molar-refractivity contribution in [1.29, 1.82) is 0 Å². The number of hydrogen-bond donors (Lipinski definition) is 7. The molecule has 1 heterocycles. The summed E-state index contributed by atoms with van der Waals surface area (Å²) < 4.78 is 17.2. The van der Waals surface area contributed by atoms with Crippen molar-refractivity contribution < 1.29 is 59.5 Å². The fourth-order valence-electron chi connectivity index (χ4n) is 12.7. The minimum Gasteiger partial charge on any atom is -0.460 e. The van der Waals surface area contributed by atoms with E-state index in [0.29, 0.717) is 38.5 Å². The van der Waals surface area contributed by atoms with Crippen molar-refractivity contribution in [3.63, 3.8) is 0 Å². The molecule has 17 atom stereocenters. The van der Waals surface area contributed by atoms with Gasteiger partial charge in [0.2, 0.25) is 6.29 Å². The third kappa shape index (κ3) is 5.06. The molecule has 0 radical (unpaired) electrons. The van der Waals surface area contributed by atoms with E-state index in [1.807, 2.05) is 13.8 Å². The Hall–Kier alpha value is -1.64. The Bertz CT molecular complexity index is 1380. The van der Waals surface area contributed by atoms with Gasteiger partial charge >= 0.3 is 11.9 Å². The molecule has 5 aliphatic carbocycles. The van der Waals surface area contributed by atoms with Crippen molar-refractivity contribution in [2.24, 2.45) is 50.7 Å². The highest BCUT2D eigenvalue weighted by molar-refractivity contribution is 5.79. The molecule has 5 fully saturated rings. The highest BCUT2D eigenvalue weighted by Crippen LogP contribution is 2.76. The minimum absolute atomic E-state index is 0.0348. The molecule has 12 heteroatoms. The molecule has 4 saturated carbocycles. The second-order valence-corrected chi connectivity index (χ2v) is 18.1. The quantitative estimate of drug-likeness (QED) is 0.162. The molecule has 0 bridgehead atoms. The smallest absolute Gasteiger partial charge is 0.315 e. The lowest BCUT2D eigenvalue weighted by atomic mass is 9.33. The maximum atomic E-state index is 14.5. The third-order valence-electron chi connectivity index (χ3n) is 15.9. The molecular formula is C38H60O12. The molecule has 50 heavy (non-hydrogen) atoms. The van der Waals surface area contributed by atoms with E-state index in [-0.39, 0.29) is 29.8 Å². The molecule has 1 saturated heterocycles.